The van der Waals surface area contributed by atoms with Crippen molar-refractivity contribution in [3.8, 4) is 0 Å². The first kappa shape index (κ1) is 88.6. The average molecular weight is 1470 g/mol. The number of rotatable bonds is 43. The number of carbonyl (C=O) groups is 16. The molecule has 1 fully saturated rings. The summed E-state index contributed by atoms with van der Waals surface area (Å²) in [5.74, 6) is -17.4. The van der Waals surface area contributed by atoms with Crippen molar-refractivity contribution in [2.75, 3.05) is 91.6 Å². The molecule has 1 aliphatic heterocycles. The first-order chi connectivity index (χ1) is 47.5. The summed E-state index contributed by atoms with van der Waals surface area (Å²) in [7, 11) is -3.81. The van der Waals surface area contributed by atoms with Gasteiger partial charge in [-0.05, 0) is 78.8 Å². The third-order valence-electron chi connectivity index (χ3n) is 16.6. The molecule has 6 atom stereocenters. The predicted octanol–water partition coefficient (Wildman–Crippen LogP) is -1.72. The van der Waals surface area contributed by atoms with Crippen LogP contribution in [-0.2, 0) is 67.1 Å². The van der Waals surface area contributed by atoms with Crippen LogP contribution >= 0.6 is 0 Å². The van der Waals surface area contributed by atoms with Gasteiger partial charge in [-0.25, -0.2) is 24.0 Å². The van der Waals surface area contributed by atoms with Crippen LogP contribution in [0, 0.1) is 0 Å². The second-order valence-corrected chi connectivity index (χ2v) is 31.5. The predicted molar refractivity (Wildman–Crippen MR) is 359 cm³/mol. The lowest BCUT2D eigenvalue weighted by molar-refractivity contribution is -0.145. The van der Waals surface area contributed by atoms with Crippen molar-refractivity contribution in [2.24, 2.45) is 0 Å². The van der Waals surface area contributed by atoms with Gasteiger partial charge in [-0.1, -0.05) is 53.7 Å². The van der Waals surface area contributed by atoms with Crippen molar-refractivity contribution in [1.29, 1.82) is 0 Å². The van der Waals surface area contributed by atoms with Gasteiger partial charge < -0.3 is 92.6 Å². The summed E-state index contributed by atoms with van der Waals surface area (Å²) in [6.45, 7) is 8.55. The zero-order chi connectivity index (χ0) is 77.2. The van der Waals surface area contributed by atoms with Crippen LogP contribution < -0.4 is 47.7 Å². The molecule has 39 heteroatoms. The third-order valence-corrected chi connectivity index (χ3v) is 21.9. The van der Waals surface area contributed by atoms with Crippen molar-refractivity contribution in [1.82, 2.24) is 62.1 Å². The number of nitrogens with zero attached hydrogens (tertiary/aromatic N) is 4. The number of carboxylic acids is 9. The average Bonchev–Trinajstić information content (AvgIpc) is 0.748. The van der Waals surface area contributed by atoms with Crippen LogP contribution in [0.5, 0.6) is 0 Å². The van der Waals surface area contributed by atoms with Crippen molar-refractivity contribution < 1.29 is 127 Å². The summed E-state index contributed by atoms with van der Waals surface area (Å²) in [6, 6.07) is -5.23. The van der Waals surface area contributed by atoms with E-state index in [1.54, 1.807) is 41.5 Å². The van der Waals surface area contributed by atoms with Crippen LogP contribution in [0.3, 0.4) is 0 Å². The zero-order valence-electron chi connectivity index (χ0n) is 58.1. The number of hydrogen-bond acceptors (Lipinski definition) is 20. The number of hydrogen-bond donors (Lipinski definition) is 17. The van der Waals surface area contributed by atoms with Gasteiger partial charge in [0.2, 0.25) is 29.5 Å². The number of urea groups is 1. The number of carbonyl (C=O) groups excluding carboxylic acids is 7. The van der Waals surface area contributed by atoms with Gasteiger partial charge in [-0.15, -0.1) is 0 Å². The van der Waals surface area contributed by atoms with E-state index in [2.05, 4.69) is 31.9 Å². The minimum Gasteiger partial charge on any atom is -0.481 e. The fraction of sp³-hybridized carbons (Fsp3) is 0.651. The lowest BCUT2D eigenvalue weighted by Crippen LogP contribution is -2.58. The molecule has 1 saturated heterocycles. The number of halogens is 1. The molecule has 37 nitrogen and oxygen atoms in total. The SMILES string of the molecule is CC(C)(C)[Si](F)(c1ccc(C(=O)NC(CNC(=O)CCC(C(=O)O)N2CCN(CC(=O)O)CCN(CC(=O)O)CCN(CC(=O)O)CC2)C(=O)N[C@H](CCCCNC(=O)CCC(=O)NCCC[C@@H](NC(=O)CC[C@H](NC(=O)N[C@@H](CCC(=O)O)C(=O)O)C(=O)O)C(=O)O)C(=O)O)cc1)C(C)(C)C. The van der Waals surface area contributed by atoms with E-state index in [1.165, 1.54) is 43.9 Å². The Morgan fingerprint density at radius 2 is 0.804 bits per heavy atom. The molecule has 0 aromatic heterocycles. The molecule has 0 aliphatic carbocycles. The monoisotopic (exact) mass is 1470 g/mol. The largest absolute Gasteiger partial charge is 0.481 e. The van der Waals surface area contributed by atoms with Crippen LogP contribution in [-0.4, -0.2) is 297 Å². The Kier molecular flexibility index (Phi) is 37.7. The van der Waals surface area contributed by atoms with Crippen LogP contribution in [0.15, 0.2) is 24.3 Å². The van der Waals surface area contributed by atoms with E-state index in [4.69, 9.17) is 5.11 Å². The van der Waals surface area contributed by atoms with E-state index in [0.717, 1.165) is 0 Å². The summed E-state index contributed by atoms with van der Waals surface area (Å²) >= 11 is 0. The number of carboxylic acid groups (broad SMARTS) is 9. The lowest BCUT2D eigenvalue weighted by atomic mass is 10.1. The topological polar surface area (TPSA) is 564 Å². The molecule has 102 heavy (non-hydrogen) atoms. The Bertz CT molecular complexity index is 3050. The molecule has 1 aromatic rings. The molecule has 0 spiro atoms. The Morgan fingerprint density at radius 1 is 0.412 bits per heavy atom. The molecule has 17 N–H and O–H groups in total. The number of benzene rings is 1. The smallest absolute Gasteiger partial charge is 0.326 e. The molecule has 8 amide bonds. The number of amides is 8. The molecule has 0 radical (unpaired) electrons. The second kappa shape index (κ2) is 43.4. The molecule has 0 saturated carbocycles. The second-order valence-electron chi connectivity index (χ2n) is 26.6. The molecular weight excluding hydrogens is 1370 g/mol. The van der Waals surface area contributed by atoms with Gasteiger partial charge in [0, 0.05) is 110 Å². The van der Waals surface area contributed by atoms with E-state index < -0.39 is 208 Å². The van der Waals surface area contributed by atoms with Gasteiger partial charge in [-0.3, -0.25) is 72.3 Å². The first-order valence-electron chi connectivity index (χ1n) is 33.0. The van der Waals surface area contributed by atoms with E-state index in [9.17, 15) is 118 Å². The van der Waals surface area contributed by atoms with Gasteiger partial charge in [0.1, 0.15) is 36.3 Å². The summed E-state index contributed by atoms with van der Waals surface area (Å²) in [5, 5.41) is 104. The molecule has 1 heterocycles. The molecule has 0 bridgehead atoms. The molecule has 2 rings (SSSR count). The standard InChI is InChI=1S/C63H99FN12O25Si/c1-62(2,3)102(64,63(4,5)6)39-14-12-38(13-15-39)54(89)70-44(34-67-48(79)20-18-45(60(99)100)76-32-30-74(36-52(85)86)28-26-73(35-51(83)84)27-29-75(31-33-76)37-53(87)88)55(90)69-41(57(93)94)10-7-8-24-65-46(77)21-22-47(78)66-25-9-11-40(56(91)92)68-49(80)19-16-42(58(95)96)71-61(101)72-43(59(97)98)17-23-50(81)82/h12-15,40-45H,7-11,16-37H2,1-6H3,(H,65,77)(H,66,78)(H,67,79)(H,68,80)(H,69,90)(H,70,89)(H,81,82)(H,83,84)(H,85,86)(H,87,88)(H,91,92)(H,93,94)(H,95,96)(H,97,98)(H,99,100)(H2,71,72,101)/t40-,41-,42+,43+,44?,45?/m1/s1. The Labute approximate surface area is 588 Å². The van der Waals surface area contributed by atoms with E-state index in [-0.39, 0.29) is 122 Å². The normalized spacial score (nSPS) is 15.6. The third kappa shape index (κ3) is 32.9. The lowest BCUT2D eigenvalue weighted by Gasteiger charge is -2.44. The summed E-state index contributed by atoms with van der Waals surface area (Å²) in [5.41, 5.74) is -0.0342. The molecule has 1 aromatic carbocycles. The summed E-state index contributed by atoms with van der Waals surface area (Å²) in [6.07, 6.45) is -4.07. The van der Waals surface area contributed by atoms with Crippen molar-refractivity contribution in [3.05, 3.63) is 29.8 Å². The van der Waals surface area contributed by atoms with E-state index >= 15 is 4.11 Å². The van der Waals surface area contributed by atoms with Crippen molar-refractivity contribution in [2.45, 2.75) is 171 Å². The summed E-state index contributed by atoms with van der Waals surface area (Å²) < 4.78 is 17.2. The Hall–Kier alpha value is -9.47. The fourth-order valence-electron chi connectivity index (χ4n) is 11.3. The highest BCUT2D eigenvalue weighted by Crippen LogP contribution is 2.51. The minimum atomic E-state index is -3.81. The molecule has 572 valence electrons. The molecular formula is C63H99FN12O25Si. The quantitative estimate of drug-likeness (QED) is 0.0197. The van der Waals surface area contributed by atoms with Gasteiger partial charge in [-0.2, -0.15) is 0 Å². The maximum Gasteiger partial charge on any atom is 0.326 e. The highest BCUT2D eigenvalue weighted by molar-refractivity contribution is 6.90. The van der Waals surface area contributed by atoms with Crippen LogP contribution in [0.2, 0.25) is 10.1 Å². The number of nitrogens with one attached hydrogen (secondary N) is 8. The highest BCUT2D eigenvalue weighted by Gasteiger charge is 2.56. The van der Waals surface area contributed by atoms with Gasteiger partial charge in [0.05, 0.1) is 19.6 Å². The van der Waals surface area contributed by atoms with Crippen molar-refractivity contribution >= 4 is 109 Å². The first-order valence-corrected chi connectivity index (χ1v) is 34.9. The fourth-order valence-corrected chi connectivity index (χ4v) is 16.0. The van der Waals surface area contributed by atoms with E-state index in [0.29, 0.717) is 5.19 Å². The van der Waals surface area contributed by atoms with Crippen LogP contribution in [0.1, 0.15) is 135 Å². The highest BCUT2D eigenvalue weighted by atomic mass is 28.4. The van der Waals surface area contributed by atoms with Gasteiger partial charge in [0.15, 0.2) is 0 Å². The molecule has 1 aliphatic rings. The summed E-state index contributed by atoms with van der Waals surface area (Å²) in [4.78, 5) is 204. The maximum absolute atomic E-state index is 17.2. The number of aliphatic carboxylic acids is 9. The van der Waals surface area contributed by atoms with Gasteiger partial charge >= 0.3 is 59.8 Å². The van der Waals surface area contributed by atoms with Crippen LogP contribution in [0.4, 0.5) is 8.90 Å². The van der Waals surface area contributed by atoms with E-state index in [1.807, 2.05) is 10.6 Å². The van der Waals surface area contributed by atoms with Crippen LogP contribution in [0.25, 0.3) is 0 Å². The zero-order valence-corrected chi connectivity index (χ0v) is 59.1. The Morgan fingerprint density at radius 3 is 1.23 bits per heavy atom. The number of unbranched alkanes of at least 4 members (excludes halogenated alkanes) is 1. The van der Waals surface area contributed by atoms with Gasteiger partial charge in [0.25, 0.3) is 14.3 Å². The Balaban J connectivity index is 2.13. The van der Waals surface area contributed by atoms with Crippen molar-refractivity contribution in [3.63, 3.8) is 0 Å². The minimum absolute atomic E-state index is 0.000572. The molecule has 2 unspecified atom stereocenters. The maximum atomic E-state index is 17.2.